The van der Waals surface area contributed by atoms with Crippen molar-refractivity contribution in [2.24, 2.45) is 0 Å². The Bertz CT molecular complexity index is 1250. The van der Waals surface area contributed by atoms with E-state index in [9.17, 15) is 13.6 Å². The monoisotopic (exact) mass is 539 g/mol. The van der Waals surface area contributed by atoms with E-state index < -0.39 is 17.7 Å². The first-order chi connectivity index (χ1) is 18.8. The zero-order valence-electron chi connectivity index (χ0n) is 23.0. The van der Waals surface area contributed by atoms with Crippen LogP contribution in [0.15, 0.2) is 48.9 Å². The second kappa shape index (κ2) is 13.8. The molecule has 9 heteroatoms. The molecule has 0 spiro atoms. The molecule has 0 bridgehead atoms. The molecule has 0 saturated heterocycles. The highest BCUT2D eigenvalue weighted by molar-refractivity contribution is 5.94. The van der Waals surface area contributed by atoms with Gasteiger partial charge in [0.05, 0.1) is 30.6 Å². The van der Waals surface area contributed by atoms with Crippen molar-refractivity contribution in [3.63, 3.8) is 0 Å². The maximum Gasteiger partial charge on any atom is 0.242 e. The number of aromatic nitrogens is 2. The summed E-state index contributed by atoms with van der Waals surface area (Å²) in [5, 5.41) is 9.77. The van der Waals surface area contributed by atoms with E-state index in [0.717, 1.165) is 30.3 Å². The Kier molecular flexibility index (Phi) is 10.2. The Hall–Kier alpha value is -3.14. The van der Waals surface area contributed by atoms with Gasteiger partial charge in [0.15, 0.2) is 5.82 Å². The molecular weight excluding hydrogens is 500 g/mol. The molecule has 1 aliphatic carbocycles. The molecule has 2 atom stereocenters. The number of hydrogen-bond donors (Lipinski definition) is 3. The van der Waals surface area contributed by atoms with Gasteiger partial charge in [-0.25, -0.2) is 13.8 Å². The number of aryl methyl sites for hydroxylation is 1. The van der Waals surface area contributed by atoms with Crippen LogP contribution in [-0.2, 0) is 28.9 Å². The summed E-state index contributed by atoms with van der Waals surface area (Å²) in [6.45, 7) is 8.14. The summed E-state index contributed by atoms with van der Waals surface area (Å²) >= 11 is 0. The Balaban J connectivity index is 1.37. The van der Waals surface area contributed by atoms with Crippen LogP contribution in [-0.4, -0.2) is 46.8 Å². The van der Waals surface area contributed by atoms with Gasteiger partial charge in [0.1, 0.15) is 18.0 Å². The van der Waals surface area contributed by atoms with E-state index in [1.807, 2.05) is 49.7 Å². The van der Waals surface area contributed by atoms with Crippen LogP contribution < -0.4 is 16.0 Å². The van der Waals surface area contributed by atoms with Crippen molar-refractivity contribution < 1.29 is 18.3 Å². The molecule has 2 aromatic carbocycles. The van der Waals surface area contributed by atoms with E-state index in [1.165, 1.54) is 6.07 Å². The molecule has 0 radical (unpaired) electrons. The van der Waals surface area contributed by atoms with E-state index in [1.54, 1.807) is 6.33 Å². The summed E-state index contributed by atoms with van der Waals surface area (Å²) in [5.74, 6) is -0.771. The lowest BCUT2D eigenvalue weighted by atomic mass is 9.87. The number of nitrogens with zero attached hydrogens (tertiary/aromatic N) is 2. The quantitative estimate of drug-likeness (QED) is 0.269. The summed E-state index contributed by atoms with van der Waals surface area (Å²) in [4.78, 5) is 17.6. The molecule has 1 amide bonds. The number of imidazole rings is 1. The molecule has 7 nitrogen and oxygen atoms in total. The number of fused-ring (bicyclic) bond motifs is 1. The third kappa shape index (κ3) is 7.94. The number of halogens is 2. The number of benzene rings is 2. The maximum atomic E-state index is 14.4. The van der Waals surface area contributed by atoms with Gasteiger partial charge in [-0.1, -0.05) is 31.5 Å². The summed E-state index contributed by atoms with van der Waals surface area (Å²) < 4.78 is 35.5. The van der Waals surface area contributed by atoms with E-state index in [0.29, 0.717) is 55.8 Å². The lowest BCUT2D eigenvalue weighted by Gasteiger charge is -2.29. The zero-order valence-corrected chi connectivity index (χ0v) is 23.0. The number of anilines is 1. The van der Waals surface area contributed by atoms with Crippen LogP contribution in [0.25, 0.3) is 5.69 Å². The predicted octanol–water partition coefficient (Wildman–Crippen LogP) is 4.92. The van der Waals surface area contributed by atoms with Gasteiger partial charge in [0, 0.05) is 25.2 Å². The highest BCUT2D eigenvalue weighted by atomic mass is 19.1. The number of carbonyl (C=O) groups is 1. The van der Waals surface area contributed by atoms with Crippen LogP contribution in [0.3, 0.4) is 0 Å². The summed E-state index contributed by atoms with van der Waals surface area (Å²) in [6.07, 6.45) is 6.87. The molecule has 0 saturated carbocycles. The minimum atomic E-state index is -0.546. The lowest BCUT2D eigenvalue weighted by molar-refractivity contribution is -0.118. The molecule has 4 rings (SSSR count). The molecule has 3 N–H and O–H groups in total. The van der Waals surface area contributed by atoms with Gasteiger partial charge in [-0.2, -0.15) is 0 Å². The summed E-state index contributed by atoms with van der Waals surface area (Å²) in [5.41, 5.74) is 3.33. The van der Waals surface area contributed by atoms with Crippen molar-refractivity contribution in [1.82, 2.24) is 20.2 Å². The highest BCUT2D eigenvalue weighted by Gasteiger charge is 2.27. The standard InChI is InChI=1S/C30H39F2N5O2/c1-4-7-27(35-24-11-10-21-14-23(31)15-26(32)25(21)16-24)30(38)36-29-18-37(19-34-29)28-9-6-5-8-22(28)17-33-12-13-39-20(2)3/h5-6,8-9,14-15,18-20,24,27,33,35H,4,7,10-13,16-17H2,1-3H3,(H,36,38)/t24-,27-/m0/s1. The second-order valence-corrected chi connectivity index (χ2v) is 10.4. The highest BCUT2D eigenvalue weighted by Crippen LogP contribution is 2.26. The summed E-state index contributed by atoms with van der Waals surface area (Å²) in [7, 11) is 0. The average molecular weight is 540 g/mol. The normalized spacial score (nSPS) is 15.8. The minimum Gasteiger partial charge on any atom is -0.377 e. The zero-order chi connectivity index (χ0) is 27.8. The first kappa shape index (κ1) is 28.9. The number of nitrogens with one attached hydrogen (secondary N) is 3. The third-order valence-electron chi connectivity index (χ3n) is 6.95. The number of para-hydroxylation sites is 1. The topological polar surface area (TPSA) is 80.2 Å². The molecule has 1 aliphatic rings. The molecule has 0 unspecified atom stereocenters. The van der Waals surface area contributed by atoms with Crippen molar-refractivity contribution >= 4 is 11.7 Å². The van der Waals surface area contributed by atoms with Crippen LogP contribution in [0, 0.1) is 11.6 Å². The third-order valence-corrected chi connectivity index (χ3v) is 6.95. The molecule has 39 heavy (non-hydrogen) atoms. The van der Waals surface area contributed by atoms with Crippen molar-refractivity contribution in [1.29, 1.82) is 0 Å². The molecule has 1 aromatic heterocycles. The predicted molar refractivity (Wildman–Crippen MR) is 149 cm³/mol. The fourth-order valence-corrected chi connectivity index (χ4v) is 5.03. The second-order valence-electron chi connectivity index (χ2n) is 10.4. The Morgan fingerprint density at radius 1 is 1.23 bits per heavy atom. The number of amides is 1. The van der Waals surface area contributed by atoms with Gasteiger partial charge in [0.25, 0.3) is 0 Å². The van der Waals surface area contributed by atoms with Crippen molar-refractivity contribution in [3.05, 3.63) is 77.2 Å². The first-order valence-electron chi connectivity index (χ1n) is 13.8. The number of hydrogen-bond acceptors (Lipinski definition) is 5. The van der Waals surface area contributed by atoms with Crippen LogP contribution in [0.2, 0.25) is 0 Å². The van der Waals surface area contributed by atoms with E-state index in [-0.39, 0.29) is 18.1 Å². The molecule has 0 aliphatic heterocycles. The fraction of sp³-hybridized carbons (Fsp3) is 0.467. The van der Waals surface area contributed by atoms with Crippen molar-refractivity contribution in [3.8, 4) is 5.69 Å². The molecule has 1 heterocycles. The van der Waals surface area contributed by atoms with E-state index in [4.69, 9.17) is 4.74 Å². The number of rotatable bonds is 13. The average Bonchev–Trinajstić information content (AvgIpc) is 3.36. The Morgan fingerprint density at radius 2 is 2.05 bits per heavy atom. The summed E-state index contributed by atoms with van der Waals surface area (Å²) in [6, 6.07) is 9.88. The van der Waals surface area contributed by atoms with Crippen molar-refractivity contribution in [2.75, 3.05) is 18.5 Å². The largest absolute Gasteiger partial charge is 0.377 e. The first-order valence-corrected chi connectivity index (χ1v) is 13.8. The van der Waals surface area contributed by atoms with Gasteiger partial charge >= 0.3 is 0 Å². The fourth-order valence-electron chi connectivity index (χ4n) is 5.03. The SMILES string of the molecule is CCC[C@H](N[C@H]1CCc2cc(F)cc(F)c2C1)C(=O)Nc1cn(-c2ccccc2CNCCOC(C)C)cn1. The van der Waals surface area contributed by atoms with Crippen LogP contribution in [0.5, 0.6) is 0 Å². The van der Waals surface area contributed by atoms with E-state index >= 15 is 0 Å². The maximum absolute atomic E-state index is 14.4. The van der Waals surface area contributed by atoms with Gasteiger partial charge in [-0.3, -0.25) is 4.79 Å². The van der Waals surface area contributed by atoms with Gasteiger partial charge in [-0.15, -0.1) is 0 Å². The molecule has 210 valence electrons. The Labute approximate surface area is 229 Å². The van der Waals surface area contributed by atoms with Crippen LogP contribution in [0.1, 0.15) is 56.7 Å². The van der Waals surface area contributed by atoms with E-state index in [2.05, 4.69) is 27.0 Å². The molecule has 3 aromatic rings. The van der Waals surface area contributed by atoms with Crippen LogP contribution >= 0.6 is 0 Å². The van der Waals surface area contributed by atoms with Crippen molar-refractivity contribution in [2.45, 2.75) is 77.6 Å². The number of ether oxygens (including phenoxy) is 1. The minimum absolute atomic E-state index is 0.0670. The van der Waals surface area contributed by atoms with Gasteiger partial charge < -0.3 is 25.3 Å². The Morgan fingerprint density at radius 3 is 2.85 bits per heavy atom. The molecule has 0 fully saturated rings. The lowest BCUT2D eigenvalue weighted by Crippen LogP contribution is -2.48. The van der Waals surface area contributed by atoms with Gasteiger partial charge in [-0.05, 0) is 68.4 Å². The molecular formula is C30H39F2N5O2. The smallest absolute Gasteiger partial charge is 0.242 e. The van der Waals surface area contributed by atoms with Gasteiger partial charge in [0.2, 0.25) is 5.91 Å². The number of carbonyl (C=O) groups excluding carboxylic acids is 1. The van der Waals surface area contributed by atoms with Crippen LogP contribution in [0.4, 0.5) is 14.6 Å².